The van der Waals surface area contributed by atoms with Crippen LogP contribution in [-0.2, 0) is 9.53 Å². The molecule has 2 rings (SSSR count). The van der Waals surface area contributed by atoms with Crippen molar-refractivity contribution in [1.82, 2.24) is 10.6 Å². The van der Waals surface area contributed by atoms with Crippen molar-refractivity contribution in [3.05, 3.63) is 0 Å². The number of carbonyl (C=O) groups excluding carboxylic acids is 1. The fourth-order valence-corrected chi connectivity index (χ4v) is 2.69. The Labute approximate surface area is 103 Å². The van der Waals surface area contributed by atoms with Crippen molar-refractivity contribution in [1.29, 1.82) is 0 Å². The van der Waals surface area contributed by atoms with Crippen molar-refractivity contribution >= 4 is 5.91 Å². The number of hydrogen-bond acceptors (Lipinski definition) is 3. The van der Waals surface area contributed by atoms with E-state index in [-0.39, 0.29) is 18.1 Å². The van der Waals surface area contributed by atoms with Gasteiger partial charge in [0, 0.05) is 13.2 Å². The summed E-state index contributed by atoms with van der Waals surface area (Å²) < 4.78 is 5.61. The third kappa shape index (κ3) is 3.68. The molecule has 0 spiro atoms. The van der Waals surface area contributed by atoms with E-state index in [9.17, 15) is 4.79 Å². The monoisotopic (exact) mass is 240 g/mol. The summed E-state index contributed by atoms with van der Waals surface area (Å²) in [4.78, 5) is 12.0. The minimum absolute atomic E-state index is 0.00709. The third-order valence-corrected chi connectivity index (χ3v) is 3.83. The summed E-state index contributed by atoms with van der Waals surface area (Å²) in [6, 6.07) is -0.00709. The summed E-state index contributed by atoms with van der Waals surface area (Å²) in [5.74, 6) is 0.586. The highest BCUT2D eigenvalue weighted by Gasteiger charge is 2.27. The van der Waals surface area contributed by atoms with E-state index >= 15 is 0 Å². The van der Waals surface area contributed by atoms with Gasteiger partial charge in [0.05, 0.1) is 12.1 Å². The normalized spacial score (nSPS) is 34.3. The van der Waals surface area contributed by atoms with Crippen LogP contribution in [0, 0.1) is 5.92 Å². The lowest BCUT2D eigenvalue weighted by atomic mass is 9.92. The van der Waals surface area contributed by atoms with Crippen LogP contribution < -0.4 is 10.6 Å². The predicted octanol–water partition coefficient (Wildman–Crippen LogP) is 1.06. The van der Waals surface area contributed by atoms with Gasteiger partial charge in [-0.2, -0.15) is 0 Å². The first-order valence-corrected chi connectivity index (χ1v) is 6.90. The van der Waals surface area contributed by atoms with Gasteiger partial charge in [0.25, 0.3) is 0 Å². The van der Waals surface area contributed by atoms with Gasteiger partial charge in [-0.1, -0.05) is 6.92 Å². The Hall–Kier alpha value is -0.610. The fraction of sp³-hybridized carbons (Fsp3) is 0.923. The molecular weight excluding hydrogens is 216 g/mol. The van der Waals surface area contributed by atoms with Gasteiger partial charge in [0.1, 0.15) is 0 Å². The average molecular weight is 240 g/mol. The molecule has 0 aromatic carbocycles. The molecule has 2 saturated heterocycles. The van der Waals surface area contributed by atoms with Crippen LogP contribution in [0.1, 0.15) is 39.0 Å². The second kappa shape index (κ2) is 6.36. The number of ether oxygens (including phenoxy) is 1. The van der Waals surface area contributed by atoms with Crippen LogP contribution in [0.3, 0.4) is 0 Å². The fourth-order valence-electron chi connectivity index (χ4n) is 2.69. The molecule has 1 amide bonds. The van der Waals surface area contributed by atoms with Crippen LogP contribution in [0.15, 0.2) is 0 Å². The molecule has 0 aromatic rings. The summed E-state index contributed by atoms with van der Waals surface area (Å²) in [5.41, 5.74) is 0. The smallest absolute Gasteiger partial charge is 0.237 e. The predicted molar refractivity (Wildman–Crippen MR) is 66.8 cm³/mol. The van der Waals surface area contributed by atoms with Gasteiger partial charge in [-0.25, -0.2) is 0 Å². The zero-order valence-corrected chi connectivity index (χ0v) is 10.7. The second-order valence-corrected chi connectivity index (χ2v) is 5.29. The largest absolute Gasteiger partial charge is 0.376 e. The minimum Gasteiger partial charge on any atom is -0.376 e. The van der Waals surface area contributed by atoms with E-state index in [1.807, 2.05) is 0 Å². The summed E-state index contributed by atoms with van der Waals surface area (Å²) in [6.45, 7) is 4.62. The van der Waals surface area contributed by atoms with E-state index in [1.165, 1.54) is 12.8 Å². The first kappa shape index (κ1) is 12.8. The van der Waals surface area contributed by atoms with Crippen LogP contribution >= 0.6 is 0 Å². The first-order chi connectivity index (χ1) is 8.27. The van der Waals surface area contributed by atoms with Gasteiger partial charge < -0.3 is 15.4 Å². The van der Waals surface area contributed by atoms with Gasteiger partial charge in [-0.3, -0.25) is 4.79 Å². The average Bonchev–Trinajstić information content (AvgIpc) is 2.38. The molecule has 4 nitrogen and oxygen atoms in total. The van der Waals surface area contributed by atoms with Crippen LogP contribution in [0.25, 0.3) is 0 Å². The Balaban J connectivity index is 1.72. The first-order valence-electron chi connectivity index (χ1n) is 6.90. The van der Waals surface area contributed by atoms with E-state index in [0.717, 1.165) is 32.4 Å². The Morgan fingerprint density at radius 3 is 2.94 bits per heavy atom. The maximum Gasteiger partial charge on any atom is 0.237 e. The number of amides is 1. The number of nitrogens with one attached hydrogen (secondary N) is 2. The van der Waals surface area contributed by atoms with Crippen LogP contribution in [0.4, 0.5) is 0 Å². The van der Waals surface area contributed by atoms with Gasteiger partial charge in [0.2, 0.25) is 5.91 Å². The van der Waals surface area contributed by atoms with Crippen molar-refractivity contribution < 1.29 is 9.53 Å². The number of piperidine rings is 1. The molecule has 0 aromatic heterocycles. The molecule has 17 heavy (non-hydrogen) atoms. The van der Waals surface area contributed by atoms with Crippen LogP contribution in [0.5, 0.6) is 0 Å². The van der Waals surface area contributed by atoms with Crippen molar-refractivity contribution in [2.75, 3.05) is 19.7 Å². The standard InChI is InChI=1S/C13H24N2O2/c1-10-5-4-7-14-12(10)13(16)15-9-11-6-2-3-8-17-11/h10-12,14H,2-9H2,1H3,(H,15,16). The van der Waals surface area contributed by atoms with Gasteiger partial charge in [-0.05, 0) is 44.6 Å². The Morgan fingerprint density at radius 2 is 2.24 bits per heavy atom. The molecule has 3 atom stereocenters. The lowest BCUT2D eigenvalue weighted by molar-refractivity contribution is -0.125. The maximum atomic E-state index is 12.0. The van der Waals surface area contributed by atoms with E-state index < -0.39 is 0 Å². The Kier molecular flexibility index (Phi) is 4.80. The minimum atomic E-state index is -0.00709. The Morgan fingerprint density at radius 1 is 1.35 bits per heavy atom. The van der Waals surface area contributed by atoms with Gasteiger partial charge in [-0.15, -0.1) is 0 Å². The van der Waals surface area contributed by atoms with Crippen molar-refractivity contribution in [2.24, 2.45) is 5.92 Å². The summed E-state index contributed by atoms with van der Waals surface area (Å²) in [7, 11) is 0. The van der Waals surface area contributed by atoms with E-state index in [4.69, 9.17) is 4.74 Å². The zero-order valence-electron chi connectivity index (χ0n) is 10.7. The highest BCUT2D eigenvalue weighted by molar-refractivity contribution is 5.82. The SMILES string of the molecule is CC1CCCNC1C(=O)NCC1CCCCO1. The van der Waals surface area contributed by atoms with Crippen LogP contribution in [0.2, 0.25) is 0 Å². The summed E-state index contributed by atoms with van der Waals surface area (Å²) in [5, 5.41) is 6.33. The molecule has 3 unspecified atom stereocenters. The number of hydrogen-bond donors (Lipinski definition) is 2. The van der Waals surface area contributed by atoms with Gasteiger partial charge in [0.15, 0.2) is 0 Å². The number of carbonyl (C=O) groups is 1. The highest BCUT2D eigenvalue weighted by atomic mass is 16.5. The van der Waals surface area contributed by atoms with Crippen molar-refractivity contribution in [2.45, 2.75) is 51.2 Å². The van der Waals surface area contributed by atoms with Crippen molar-refractivity contribution in [3.8, 4) is 0 Å². The molecule has 2 fully saturated rings. The maximum absolute atomic E-state index is 12.0. The summed E-state index contributed by atoms with van der Waals surface area (Å²) in [6.07, 6.45) is 6.01. The topological polar surface area (TPSA) is 50.4 Å². The van der Waals surface area contributed by atoms with Crippen molar-refractivity contribution in [3.63, 3.8) is 0 Å². The molecule has 0 bridgehead atoms. The van der Waals surface area contributed by atoms with Crippen LogP contribution in [-0.4, -0.2) is 37.7 Å². The third-order valence-electron chi connectivity index (χ3n) is 3.83. The molecule has 0 aliphatic carbocycles. The molecule has 2 heterocycles. The molecule has 0 radical (unpaired) electrons. The molecule has 2 N–H and O–H groups in total. The van der Waals surface area contributed by atoms with E-state index in [2.05, 4.69) is 17.6 Å². The zero-order chi connectivity index (χ0) is 12.1. The van der Waals surface area contributed by atoms with E-state index in [1.54, 1.807) is 0 Å². The van der Waals surface area contributed by atoms with E-state index in [0.29, 0.717) is 12.5 Å². The number of rotatable bonds is 3. The van der Waals surface area contributed by atoms with Gasteiger partial charge >= 0.3 is 0 Å². The molecule has 4 heteroatoms. The molecular formula is C13H24N2O2. The molecule has 2 aliphatic heterocycles. The molecule has 2 aliphatic rings. The highest BCUT2D eigenvalue weighted by Crippen LogP contribution is 2.16. The summed E-state index contributed by atoms with van der Waals surface area (Å²) >= 11 is 0. The quantitative estimate of drug-likeness (QED) is 0.775. The Bertz CT molecular complexity index is 252. The molecule has 98 valence electrons. The molecule has 0 saturated carbocycles. The lowest BCUT2D eigenvalue weighted by Gasteiger charge is -2.30. The second-order valence-electron chi connectivity index (χ2n) is 5.29. The lowest BCUT2D eigenvalue weighted by Crippen LogP contribution is -2.52.